The molecule has 1 aromatic rings. The van der Waals surface area contributed by atoms with E-state index in [0.29, 0.717) is 23.8 Å². The van der Waals surface area contributed by atoms with Gasteiger partial charge in [0.05, 0.1) is 25.9 Å². The van der Waals surface area contributed by atoms with Gasteiger partial charge in [-0.05, 0) is 36.6 Å². The third-order valence-corrected chi connectivity index (χ3v) is 3.17. The molecule has 0 radical (unpaired) electrons. The maximum Gasteiger partial charge on any atom is 0.136 e. The van der Waals surface area contributed by atoms with Crippen LogP contribution in [0.4, 0.5) is 0 Å². The number of ether oxygens (including phenoxy) is 2. The number of methoxy groups -OCH3 is 1. The number of rotatable bonds is 5. The smallest absolute Gasteiger partial charge is 0.136 e. The summed E-state index contributed by atoms with van der Waals surface area (Å²) >= 11 is 0. The van der Waals surface area contributed by atoms with Crippen LogP contribution in [-0.2, 0) is 11.3 Å². The lowest BCUT2D eigenvalue weighted by atomic mass is 10.1. The van der Waals surface area contributed by atoms with Crippen molar-refractivity contribution in [3.63, 3.8) is 0 Å². The van der Waals surface area contributed by atoms with E-state index in [1.165, 1.54) is 6.42 Å². The Balaban J connectivity index is 1.87. The molecule has 2 rings (SSSR count). The molecule has 0 spiro atoms. The molecule has 1 aliphatic rings. The van der Waals surface area contributed by atoms with E-state index in [1.54, 1.807) is 7.11 Å². The average Bonchev–Trinajstić information content (AvgIpc) is 2.91. The van der Waals surface area contributed by atoms with E-state index in [1.807, 2.05) is 18.2 Å². The molecule has 0 saturated carbocycles. The van der Waals surface area contributed by atoms with Crippen LogP contribution in [0.25, 0.3) is 0 Å². The van der Waals surface area contributed by atoms with Crippen LogP contribution < -0.4 is 10.1 Å². The molecule has 4 nitrogen and oxygen atoms in total. The minimum atomic E-state index is 0.551. The number of nitriles is 1. The molecular weight excluding hydrogens is 228 g/mol. The van der Waals surface area contributed by atoms with Crippen molar-refractivity contribution < 1.29 is 9.47 Å². The standard InChI is InChI=1S/C14H18N2O2/c1-17-14-3-2-11(6-13(14)7-15)9-18-10-12-4-5-16-8-12/h2-3,6,12,16H,4-5,8-10H2,1H3. The highest BCUT2D eigenvalue weighted by Crippen LogP contribution is 2.19. The van der Waals surface area contributed by atoms with Gasteiger partial charge in [-0.15, -0.1) is 0 Å². The van der Waals surface area contributed by atoms with Gasteiger partial charge in [0, 0.05) is 6.54 Å². The first-order valence-electron chi connectivity index (χ1n) is 6.19. The average molecular weight is 246 g/mol. The van der Waals surface area contributed by atoms with Crippen LogP contribution in [0.15, 0.2) is 18.2 Å². The maximum absolute atomic E-state index is 8.99. The maximum atomic E-state index is 8.99. The van der Waals surface area contributed by atoms with Crippen LogP contribution in [0.2, 0.25) is 0 Å². The zero-order chi connectivity index (χ0) is 12.8. The first-order chi connectivity index (χ1) is 8.83. The van der Waals surface area contributed by atoms with E-state index >= 15 is 0 Å². The fourth-order valence-corrected chi connectivity index (χ4v) is 2.13. The van der Waals surface area contributed by atoms with Gasteiger partial charge in [0.1, 0.15) is 11.8 Å². The van der Waals surface area contributed by atoms with Crippen molar-refractivity contribution in [2.24, 2.45) is 5.92 Å². The quantitative estimate of drug-likeness (QED) is 0.859. The van der Waals surface area contributed by atoms with Gasteiger partial charge in [0.2, 0.25) is 0 Å². The number of nitrogens with zero attached hydrogens (tertiary/aromatic N) is 1. The topological polar surface area (TPSA) is 54.3 Å². The number of nitrogens with one attached hydrogen (secondary N) is 1. The Morgan fingerprint density at radius 2 is 2.39 bits per heavy atom. The second-order valence-electron chi connectivity index (χ2n) is 4.52. The summed E-state index contributed by atoms with van der Waals surface area (Å²) in [4.78, 5) is 0. The Labute approximate surface area is 108 Å². The Morgan fingerprint density at radius 3 is 3.06 bits per heavy atom. The normalized spacial score (nSPS) is 18.6. The van der Waals surface area contributed by atoms with Crippen LogP contribution >= 0.6 is 0 Å². The molecule has 18 heavy (non-hydrogen) atoms. The molecule has 0 bridgehead atoms. The summed E-state index contributed by atoms with van der Waals surface area (Å²) in [5.74, 6) is 1.24. The molecule has 96 valence electrons. The van der Waals surface area contributed by atoms with E-state index in [4.69, 9.17) is 14.7 Å². The number of benzene rings is 1. The van der Waals surface area contributed by atoms with Gasteiger partial charge in [0.25, 0.3) is 0 Å². The van der Waals surface area contributed by atoms with Crippen molar-refractivity contribution in [2.75, 3.05) is 26.8 Å². The zero-order valence-corrected chi connectivity index (χ0v) is 10.6. The van der Waals surface area contributed by atoms with E-state index in [-0.39, 0.29) is 0 Å². The molecule has 0 aromatic heterocycles. The lowest BCUT2D eigenvalue weighted by Gasteiger charge is -2.10. The SMILES string of the molecule is COc1ccc(COCC2CCNC2)cc1C#N. The summed E-state index contributed by atoms with van der Waals surface area (Å²) in [5.41, 5.74) is 1.57. The van der Waals surface area contributed by atoms with Gasteiger partial charge in [-0.1, -0.05) is 6.07 Å². The van der Waals surface area contributed by atoms with Crippen LogP contribution in [-0.4, -0.2) is 26.8 Å². The summed E-state index contributed by atoms with van der Waals surface area (Å²) in [5, 5.41) is 12.3. The van der Waals surface area contributed by atoms with Crippen LogP contribution in [0.5, 0.6) is 5.75 Å². The monoisotopic (exact) mass is 246 g/mol. The van der Waals surface area contributed by atoms with Crippen molar-refractivity contribution in [1.29, 1.82) is 5.26 Å². The van der Waals surface area contributed by atoms with Gasteiger partial charge in [0.15, 0.2) is 0 Å². The first-order valence-corrected chi connectivity index (χ1v) is 6.19. The Bertz CT molecular complexity index is 434. The summed E-state index contributed by atoms with van der Waals surface area (Å²) in [6, 6.07) is 7.70. The highest BCUT2D eigenvalue weighted by atomic mass is 16.5. The van der Waals surface area contributed by atoms with E-state index in [0.717, 1.165) is 25.3 Å². The van der Waals surface area contributed by atoms with E-state index in [2.05, 4.69) is 11.4 Å². The Morgan fingerprint density at radius 1 is 1.50 bits per heavy atom. The zero-order valence-electron chi connectivity index (χ0n) is 10.6. The number of hydrogen-bond donors (Lipinski definition) is 1. The molecule has 0 amide bonds. The number of hydrogen-bond acceptors (Lipinski definition) is 4. The van der Waals surface area contributed by atoms with Crippen LogP contribution in [0, 0.1) is 17.2 Å². The second-order valence-corrected chi connectivity index (χ2v) is 4.52. The van der Waals surface area contributed by atoms with Crippen molar-refractivity contribution in [1.82, 2.24) is 5.32 Å². The highest BCUT2D eigenvalue weighted by Gasteiger charge is 2.14. The molecule has 1 unspecified atom stereocenters. The summed E-state index contributed by atoms with van der Waals surface area (Å²) in [6.45, 7) is 3.47. The van der Waals surface area contributed by atoms with Crippen LogP contribution in [0.3, 0.4) is 0 Å². The minimum absolute atomic E-state index is 0.551. The van der Waals surface area contributed by atoms with Crippen molar-refractivity contribution in [3.8, 4) is 11.8 Å². The minimum Gasteiger partial charge on any atom is -0.495 e. The van der Waals surface area contributed by atoms with E-state index < -0.39 is 0 Å². The molecule has 1 atom stereocenters. The first kappa shape index (κ1) is 12.9. The Hall–Kier alpha value is -1.57. The van der Waals surface area contributed by atoms with Crippen LogP contribution in [0.1, 0.15) is 17.5 Å². The van der Waals surface area contributed by atoms with Crippen molar-refractivity contribution >= 4 is 0 Å². The summed E-state index contributed by atoms with van der Waals surface area (Å²) < 4.78 is 10.8. The Kier molecular flexibility index (Phi) is 4.57. The molecular formula is C14H18N2O2. The van der Waals surface area contributed by atoms with Gasteiger partial charge >= 0.3 is 0 Å². The third kappa shape index (κ3) is 3.22. The lowest BCUT2D eigenvalue weighted by molar-refractivity contribution is 0.0924. The molecule has 4 heteroatoms. The van der Waals surface area contributed by atoms with Crippen molar-refractivity contribution in [3.05, 3.63) is 29.3 Å². The largest absolute Gasteiger partial charge is 0.495 e. The predicted molar refractivity (Wildman–Crippen MR) is 68.3 cm³/mol. The molecule has 1 N–H and O–H groups in total. The summed E-state index contributed by atoms with van der Waals surface area (Å²) in [7, 11) is 1.57. The third-order valence-electron chi connectivity index (χ3n) is 3.17. The fourth-order valence-electron chi connectivity index (χ4n) is 2.13. The predicted octanol–water partition coefficient (Wildman–Crippen LogP) is 1.69. The lowest BCUT2D eigenvalue weighted by Crippen LogP contribution is -2.13. The van der Waals surface area contributed by atoms with E-state index in [9.17, 15) is 0 Å². The highest BCUT2D eigenvalue weighted by molar-refractivity contribution is 5.45. The summed E-state index contributed by atoms with van der Waals surface area (Å²) in [6.07, 6.45) is 1.19. The van der Waals surface area contributed by atoms with Gasteiger partial charge in [-0.3, -0.25) is 0 Å². The molecule has 1 aliphatic heterocycles. The van der Waals surface area contributed by atoms with Gasteiger partial charge in [-0.2, -0.15) is 5.26 Å². The molecule has 1 aromatic carbocycles. The van der Waals surface area contributed by atoms with Crippen molar-refractivity contribution in [2.45, 2.75) is 13.0 Å². The fraction of sp³-hybridized carbons (Fsp3) is 0.500. The molecule has 1 fully saturated rings. The van der Waals surface area contributed by atoms with Gasteiger partial charge < -0.3 is 14.8 Å². The molecule has 0 aliphatic carbocycles. The van der Waals surface area contributed by atoms with Gasteiger partial charge in [-0.25, -0.2) is 0 Å². The second kappa shape index (κ2) is 6.39. The molecule has 1 heterocycles. The molecule has 1 saturated heterocycles.